The minimum Gasteiger partial charge on any atom is -0.467 e. The number of furan rings is 1. The van der Waals surface area contributed by atoms with Gasteiger partial charge in [-0.1, -0.05) is 41.9 Å². The van der Waals surface area contributed by atoms with E-state index in [1.165, 1.54) is 11.8 Å². The molecule has 7 heteroatoms. The van der Waals surface area contributed by atoms with Crippen molar-refractivity contribution in [3.05, 3.63) is 88.8 Å². The second kappa shape index (κ2) is 10.0. The Balaban J connectivity index is 1.55. The number of rotatable bonds is 8. The minimum atomic E-state index is -0.209. The van der Waals surface area contributed by atoms with Gasteiger partial charge in [-0.05, 0) is 35.9 Å². The van der Waals surface area contributed by atoms with Crippen LogP contribution in [0.3, 0.4) is 0 Å². The van der Waals surface area contributed by atoms with Crippen LogP contribution in [0.25, 0.3) is 0 Å². The molecule has 1 aromatic heterocycles. The number of hydrogen-bond donors (Lipinski definition) is 2. The van der Waals surface area contributed by atoms with Gasteiger partial charge in [0.25, 0.3) is 5.91 Å². The van der Waals surface area contributed by atoms with Crippen molar-refractivity contribution in [2.24, 2.45) is 0 Å². The average Bonchev–Trinajstić information content (AvgIpc) is 3.24. The Morgan fingerprint density at radius 3 is 2.50 bits per heavy atom. The molecule has 3 aromatic rings. The van der Waals surface area contributed by atoms with Crippen LogP contribution in [-0.2, 0) is 17.9 Å². The largest absolute Gasteiger partial charge is 0.467 e. The highest BCUT2D eigenvalue weighted by Gasteiger charge is 2.13. The fraction of sp³-hybridized carbons (Fsp3) is 0.143. The number of halogens is 1. The van der Waals surface area contributed by atoms with Crippen LogP contribution in [0.15, 0.2) is 76.2 Å². The standard InChI is InChI=1S/C21H19ClN2O3S/c22-18-9-3-1-6-15(18)12-24-21(26)17-8-2-4-10-19(17)28-14-20(25)23-13-16-7-5-11-27-16/h1-11H,12-14H2,(H,23,25)(H,24,26). The zero-order valence-corrected chi connectivity index (χ0v) is 16.6. The molecule has 0 unspecified atom stereocenters. The summed E-state index contributed by atoms with van der Waals surface area (Å²) in [4.78, 5) is 25.4. The molecule has 2 amide bonds. The summed E-state index contributed by atoms with van der Waals surface area (Å²) in [6.07, 6.45) is 1.56. The second-order valence-electron chi connectivity index (χ2n) is 5.92. The third-order valence-corrected chi connectivity index (χ3v) is 5.37. The van der Waals surface area contributed by atoms with Gasteiger partial charge in [0.15, 0.2) is 0 Å². The zero-order valence-electron chi connectivity index (χ0n) is 15.0. The van der Waals surface area contributed by atoms with E-state index in [1.54, 1.807) is 36.6 Å². The monoisotopic (exact) mass is 414 g/mol. The summed E-state index contributed by atoms with van der Waals surface area (Å²) in [5.41, 5.74) is 1.37. The van der Waals surface area contributed by atoms with Crippen molar-refractivity contribution in [1.82, 2.24) is 10.6 Å². The quantitative estimate of drug-likeness (QED) is 0.540. The van der Waals surface area contributed by atoms with Crippen molar-refractivity contribution >= 4 is 35.2 Å². The summed E-state index contributed by atoms with van der Waals surface area (Å²) >= 11 is 7.45. The highest BCUT2D eigenvalue weighted by atomic mass is 35.5. The van der Waals surface area contributed by atoms with Crippen LogP contribution < -0.4 is 10.6 Å². The smallest absolute Gasteiger partial charge is 0.252 e. The van der Waals surface area contributed by atoms with Gasteiger partial charge in [0.1, 0.15) is 5.76 Å². The van der Waals surface area contributed by atoms with Crippen LogP contribution in [-0.4, -0.2) is 17.6 Å². The van der Waals surface area contributed by atoms with Crippen molar-refractivity contribution < 1.29 is 14.0 Å². The summed E-state index contributed by atoms with van der Waals surface area (Å²) in [6, 6.07) is 18.1. The minimum absolute atomic E-state index is 0.132. The number of hydrogen-bond acceptors (Lipinski definition) is 4. The molecule has 2 N–H and O–H groups in total. The summed E-state index contributed by atoms with van der Waals surface area (Å²) in [5.74, 6) is 0.555. The number of amides is 2. The molecule has 0 aliphatic heterocycles. The van der Waals surface area contributed by atoms with Crippen molar-refractivity contribution in [1.29, 1.82) is 0 Å². The van der Waals surface area contributed by atoms with Gasteiger partial charge in [0.05, 0.1) is 24.1 Å². The molecule has 0 fully saturated rings. The molecular formula is C21H19ClN2O3S. The molecule has 0 bridgehead atoms. The third kappa shape index (κ3) is 5.65. The van der Waals surface area contributed by atoms with E-state index in [0.717, 1.165) is 10.5 Å². The van der Waals surface area contributed by atoms with Crippen molar-refractivity contribution in [3.8, 4) is 0 Å². The number of nitrogens with one attached hydrogen (secondary N) is 2. The predicted molar refractivity (Wildman–Crippen MR) is 110 cm³/mol. The highest BCUT2D eigenvalue weighted by Crippen LogP contribution is 2.23. The first-order chi connectivity index (χ1) is 13.6. The van der Waals surface area contributed by atoms with Gasteiger partial charge in [-0.25, -0.2) is 0 Å². The van der Waals surface area contributed by atoms with E-state index >= 15 is 0 Å². The first-order valence-corrected chi connectivity index (χ1v) is 10.0. The fourth-order valence-electron chi connectivity index (χ4n) is 2.49. The maximum atomic E-state index is 12.6. The number of thioether (sulfide) groups is 1. The molecule has 0 atom stereocenters. The Labute approximate surface area is 172 Å². The molecule has 28 heavy (non-hydrogen) atoms. The lowest BCUT2D eigenvalue weighted by molar-refractivity contribution is -0.118. The molecule has 0 spiro atoms. The lowest BCUT2D eigenvalue weighted by Gasteiger charge is -2.11. The summed E-state index contributed by atoms with van der Waals surface area (Å²) in [7, 11) is 0. The van der Waals surface area contributed by atoms with E-state index in [4.69, 9.17) is 16.0 Å². The molecule has 0 saturated heterocycles. The van der Waals surface area contributed by atoms with Crippen LogP contribution in [0.2, 0.25) is 5.02 Å². The maximum Gasteiger partial charge on any atom is 0.252 e. The van der Waals surface area contributed by atoms with Gasteiger partial charge >= 0.3 is 0 Å². The summed E-state index contributed by atoms with van der Waals surface area (Å²) < 4.78 is 5.19. The summed E-state index contributed by atoms with van der Waals surface area (Å²) in [5, 5.41) is 6.28. The zero-order chi connectivity index (χ0) is 19.8. The Morgan fingerprint density at radius 2 is 1.71 bits per heavy atom. The molecule has 5 nitrogen and oxygen atoms in total. The van der Waals surface area contributed by atoms with Crippen LogP contribution in [0.1, 0.15) is 21.7 Å². The van der Waals surface area contributed by atoms with Gasteiger partial charge < -0.3 is 15.1 Å². The summed E-state index contributed by atoms with van der Waals surface area (Å²) in [6.45, 7) is 0.674. The van der Waals surface area contributed by atoms with Crippen LogP contribution >= 0.6 is 23.4 Å². The number of carbonyl (C=O) groups excluding carboxylic acids is 2. The van der Waals surface area contributed by atoms with E-state index in [-0.39, 0.29) is 17.6 Å². The van der Waals surface area contributed by atoms with Gasteiger partial charge in [0.2, 0.25) is 5.91 Å². The molecule has 0 saturated carbocycles. The highest BCUT2D eigenvalue weighted by molar-refractivity contribution is 8.00. The van der Waals surface area contributed by atoms with E-state index in [1.807, 2.05) is 30.3 Å². The van der Waals surface area contributed by atoms with Crippen molar-refractivity contribution in [2.45, 2.75) is 18.0 Å². The average molecular weight is 415 g/mol. The molecule has 2 aromatic carbocycles. The molecule has 0 aliphatic carbocycles. The molecule has 0 aliphatic rings. The Morgan fingerprint density at radius 1 is 0.929 bits per heavy atom. The Bertz CT molecular complexity index is 944. The Hall–Kier alpha value is -2.70. The maximum absolute atomic E-state index is 12.6. The third-order valence-electron chi connectivity index (χ3n) is 3.93. The van der Waals surface area contributed by atoms with Gasteiger partial charge in [0, 0.05) is 16.5 Å². The van der Waals surface area contributed by atoms with E-state index in [2.05, 4.69) is 10.6 Å². The van der Waals surface area contributed by atoms with Gasteiger partial charge in [-0.3, -0.25) is 9.59 Å². The van der Waals surface area contributed by atoms with Crippen molar-refractivity contribution in [2.75, 3.05) is 5.75 Å². The molecule has 144 valence electrons. The SMILES string of the molecule is O=C(CSc1ccccc1C(=O)NCc1ccccc1Cl)NCc1ccco1. The first kappa shape index (κ1) is 20.0. The van der Waals surface area contributed by atoms with E-state index in [0.29, 0.717) is 29.4 Å². The fourth-order valence-corrected chi connectivity index (χ4v) is 3.57. The van der Waals surface area contributed by atoms with Crippen LogP contribution in [0.4, 0.5) is 0 Å². The molecule has 1 heterocycles. The van der Waals surface area contributed by atoms with Gasteiger partial charge in [-0.2, -0.15) is 0 Å². The number of benzene rings is 2. The lowest BCUT2D eigenvalue weighted by Crippen LogP contribution is -2.25. The van der Waals surface area contributed by atoms with E-state index < -0.39 is 0 Å². The topological polar surface area (TPSA) is 71.3 Å². The van der Waals surface area contributed by atoms with E-state index in [9.17, 15) is 9.59 Å². The normalized spacial score (nSPS) is 10.5. The van der Waals surface area contributed by atoms with Gasteiger partial charge in [-0.15, -0.1) is 11.8 Å². The Kier molecular flexibility index (Phi) is 7.17. The van der Waals surface area contributed by atoms with Crippen molar-refractivity contribution in [3.63, 3.8) is 0 Å². The van der Waals surface area contributed by atoms with Crippen LogP contribution in [0.5, 0.6) is 0 Å². The molecule has 3 rings (SSSR count). The molecule has 0 radical (unpaired) electrons. The molecular weight excluding hydrogens is 396 g/mol. The lowest BCUT2D eigenvalue weighted by atomic mass is 10.2. The second-order valence-corrected chi connectivity index (χ2v) is 7.34. The van der Waals surface area contributed by atoms with Crippen LogP contribution in [0, 0.1) is 0 Å². The number of carbonyl (C=O) groups is 2. The predicted octanol–water partition coefficient (Wildman–Crippen LogP) is 4.27. The first-order valence-electron chi connectivity index (χ1n) is 8.66.